The summed E-state index contributed by atoms with van der Waals surface area (Å²) in [6.45, 7) is 5.42. The van der Waals surface area contributed by atoms with Crippen LogP contribution in [0.5, 0.6) is 11.5 Å². The van der Waals surface area contributed by atoms with Crippen LogP contribution in [0, 0.1) is 18.8 Å². The third-order valence-electron chi connectivity index (χ3n) is 5.37. The maximum atomic E-state index is 12.6. The number of likely N-dealkylation sites (tertiary alicyclic amines) is 1. The van der Waals surface area contributed by atoms with Crippen molar-refractivity contribution in [1.29, 1.82) is 0 Å². The molecule has 1 amide bonds. The van der Waals surface area contributed by atoms with E-state index in [0.717, 1.165) is 37.7 Å². The van der Waals surface area contributed by atoms with Gasteiger partial charge in [-0.25, -0.2) is 9.97 Å². The van der Waals surface area contributed by atoms with Crippen LogP contribution in [0.15, 0.2) is 36.7 Å². The molecule has 2 aliphatic heterocycles. The van der Waals surface area contributed by atoms with Crippen LogP contribution in [0.2, 0.25) is 0 Å². The van der Waals surface area contributed by atoms with Gasteiger partial charge in [0.05, 0.1) is 7.11 Å². The molecule has 1 aromatic carbocycles. The molecule has 2 aliphatic rings. The lowest BCUT2D eigenvalue weighted by Crippen LogP contribution is -2.36. The van der Waals surface area contributed by atoms with Gasteiger partial charge in [-0.3, -0.25) is 4.79 Å². The van der Waals surface area contributed by atoms with Gasteiger partial charge in [-0.2, -0.15) is 0 Å². The zero-order chi connectivity index (χ0) is 18.8. The maximum absolute atomic E-state index is 12.6. The van der Waals surface area contributed by atoms with E-state index < -0.39 is 0 Å². The first-order chi connectivity index (χ1) is 13.1. The predicted octanol–water partition coefficient (Wildman–Crippen LogP) is 1.77. The number of aryl methyl sites for hydroxylation is 1. The number of anilines is 1. The molecule has 142 valence electrons. The first kappa shape index (κ1) is 17.6. The van der Waals surface area contributed by atoms with Crippen LogP contribution in [0.1, 0.15) is 5.69 Å². The van der Waals surface area contributed by atoms with Gasteiger partial charge in [0.15, 0.2) is 18.1 Å². The van der Waals surface area contributed by atoms with Crippen LogP contribution in [0.4, 0.5) is 5.82 Å². The molecule has 2 aromatic rings. The summed E-state index contributed by atoms with van der Waals surface area (Å²) >= 11 is 0. The summed E-state index contributed by atoms with van der Waals surface area (Å²) in [5, 5.41) is 0. The lowest BCUT2D eigenvalue weighted by molar-refractivity contribution is -0.132. The highest BCUT2D eigenvalue weighted by molar-refractivity contribution is 5.78. The largest absolute Gasteiger partial charge is 0.493 e. The fraction of sp³-hybridized carbons (Fsp3) is 0.450. The van der Waals surface area contributed by atoms with E-state index >= 15 is 0 Å². The summed E-state index contributed by atoms with van der Waals surface area (Å²) < 4.78 is 10.9. The summed E-state index contributed by atoms with van der Waals surface area (Å²) in [4.78, 5) is 25.3. The number of amides is 1. The zero-order valence-electron chi connectivity index (χ0n) is 15.7. The topological polar surface area (TPSA) is 67.8 Å². The quantitative estimate of drug-likeness (QED) is 0.801. The van der Waals surface area contributed by atoms with Crippen LogP contribution in [0.3, 0.4) is 0 Å². The van der Waals surface area contributed by atoms with E-state index in [1.165, 1.54) is 0 Å². The van der Waals surface area contributed by atoms with Crippen molar-refractivity contribution in [1.82, 2.24) is 14.9 Å². The van der Waals surface area contributed by atoms with Crippen LogP contribution in [-0.4, -0.2) is 60.7 Å². The van der Waals surface area contributed by atoms with Gasteiger partial charge < -0.3 is 19.3 Å². The molecule has 3 heterocycles. The van der Waals surface area contributed by atoms with Gasteiger partial charge in [0.2, 0.25) is 0 Å². The minimum absolute atomic E-state index is 0.0275. The Morgan fingerprint density at radius 2 is 1.81 bits per heavy atom. The standard InChI is InChI=1S/C20H24N4O3/c1-14-7-19(22-13-21-14)23-8-15-10-24(11-16(15)9-23)20(25)12-27-18-6-4-3-5-17(18)26-2/h3-7,13,15-16H,8-12H2,1-2H3. The average Bonchev–Trinajstić information content (AvgIpc) is 3.25. The number of ether oxygens (including phenoxy) is 2. The van der Waals surface area contributed by atoms with E-state index in [0.29, 0.717) is 23.3 Å². The minimum atomic E-state index is 0.0275. The summed E-state index contributed by atoms with van der Waals surface area (Å²) in [5.74, 6) is 3.21. The van der Waals surface area contributed by atoms with Gasteiger partial charge >= 0.3 is 0 Å². The van der Waals surface area contributed by atoms with Crippen molar-refractivity contribution < 1.29 is 14.3 Å². The average molecular weight is 368 g/mol. The van der Waals surface area contributed by atoms with Crippen molar-refractivity contribution in [2.75, 3.05) is 44.8 Å². The van der Waals surface area contributed by atoms with Crippen molar-refractivity contribution >= 4 is 11.7 Å². The number of para-hydroxylation sites is 2. The molecule has 4 rings (SSSR count). The molecule has 7 heteroatoms. The van der Waals surface area contributed by atoms with Crippen molar-refractivity contribution in [3.63, 3.8) is 0 Å². The van der Waals surface area contributed by atoms with Gasteiger partial charge in [-0.15, -0.1) is 0 Å². The summed E-state index contributed by atoms with van der Waals surface area (Å²) in [6, 6.07) is 9.40. The third kappa shape index (κ3) is 3.67. The van der Waals surface area contributed by atoms with Crippen molar-refractivity contribution in [2.45, 2.75) is 6.92 Å². The summed E-state index contributed by atoms with van der Waals surface area (Å²) in [6.07, 6.45) is 1.61. The molecule has 2 fully saturated rings. The van der Waals surface area contributed by atoms with Gasteiger partial charge in [0, 0.05) is 49.8 Å². The predicted molar refractivity (Wildman–Crippen MR) is 101 cm³/mol. The second-order valence-corrected chi connectivity index (χ2v) is 7.18. The number of carbonyl (C=O) groups excluding carboxylic acids is 1. The summed E-state index contributed by atoms with van der Waals surface area (Å²) in [7, 11) is 1.59. The Hall–Kier alpha value is -2.83. The second-order valence-electron chi connectivity index (χ2n) is 7.18. The molecule has 2 atom stereocenters. The van der Waals surface area contributed by atoms with Crippen molar-refractivity contribution in [2.24, 2.45) is 11.8 Å². The lowest BCUT2D eigenvalue weighted by Gasteiger charge is -2.22. The fourth-order valence-electron chi connectivity index (χ4n) is 3.97. The number of methoxy groups -OCH3 is 1. The van der Waals surface area contributed by atoms with Crippen LogP contribution < -0.4 is 14.4 Å². The molecule has 2 saturated heterocycles. The third-order valence-corrected chi connectivity index (χ3v) is 5.37. The molecule has 0 N–H and O–H groups in total. The van der Waals surface area contributed by atoms with E-state index in [9.17, 15) is 4.79 Å². The Kier molecular flexibility index (Phi) is 4.83. The molecular formula is C20H24N4O3. The number of aromatic nitrogens is 2. The fourth-order valence-corrected chi connectivity index (χ4v) is 3.97. The monoisotopic (exact) mass is 368 g/mol. The molecule has 2 unspecified atom stereocenters. The Bertz CT molecular complexity index is 814. The number of nitrogens with zero attached hydrogens (tertiary/aromatic N) is 4. The zero-order valence-corrected chi connectivity index (χ0v) is 15.7. The highest BCUT2D eigenvalue weighted by Crippen LogP contribution is 2.33. The van der Waals surface area contributed by atoms with Crippen molar-refractivity contribution in [3.8, 4) is 11.5 Å². The smallest absolute Gasteiger partial charge is 0.260 e. The number of carbonyl (C=O) groups is 1. The SMILES string of the molecule is COc1ccccc1OCC(=O)N1CC2CN(c3cc(C)ncn3)CC2C1. The molecule has 0 spiro atoms. The number of rotatable bonds is 5. The Morgan fingerprint density at radius 3 is 2.48 bits per heavy atom. The van der Waals surface area contributed by atoms with Crippen LogP contribution >= 0.6 is 0 Å². The molecule has 27 heavy (non-hydrogen) atoms. The van der Waals surface area contributed by atoms with Gasteiger partial charge in [0.1, 0.15) is 12.1 Å². The highest BCUT2D eigenvalue weighted by atomic mass is 16.5. The second kappa shape index (κ2) is 7.42. The molecule has 7 nitrogen and oxygen atoms in total. The molecule has 0 saturated carbocycles. The van der Waals surface area contributed by atoms with Gasteiger partial charge in [0.25, 0.3) is 5.91 Å². The first-order valence-electron chi connectivity index (χ1n) is 9.21. The lowest BCUT2D eigenvalue weighted by atomic mass is 10.0. The van der Waals surface area contributed by atoms with E-state index in [1.54, 1.807) is 13.4 Å². The Labute approximate surface area is 158 Å². The normalized spacial score (nSPS) is 21.3. The van der Waals surface area contributed by atoms with E-state index in [4.69, 9.17) is 9.47 Å². The molecular weight excluding hydrogens is 344 g/mol. The highest BCUT2D eigenvalue weighted by Gasteiger charge is 2.42. The Balaban J connectivity index is 1.31. The molecule has 0 aliphatic carbocycles. The van der Waals surface area contributed by atoms with Crippen LogP contribution in [0.25, 0.3) is 0 Å². The van der Waals surface area contributed by atoms with E-state index in [1.807, 2.05) is 42.2 Å². The summed E-state index contributed by atoms with van der Waals surface area (Å²) in [5.41, 5.74) is 0.974. The number of fused-ring (bicyclic) bond motifs is 1. The van der Waals surface area contributed by atoms with E-state index in [-0.39, 0.29) is 12.5 Å². The number of benzene rings is 1. The molecule has 1 aromatic heterocycles. The molecule has 0 bridgehead atoms. The minimum Gasteiger partial charge on any atom is -0.493 e. The first-order valence-corrected chi connectivity index (χ1v) is 9.21. The van der Waals surface area contributed by atoms with Gasteiger partial charge in [-0.05, 0) is 19.1 Å². The van der Waals surface area contributed by atoms with E-state index in [2.05, 4.69) is 14.9 Å². The van der Waals surface area contributed by atoms with Gasteiger partial charge in [-0.1, -0.05) is 12.1 Å². The van der Waals surface area contributed by atoms with Crippen molar-refractivity contribution in [3.05, 3.63) is 42.4 Å². The number of hydrogen-bond acceptors (Lipinski definition) is 6. The molecule has 0 radical (unpaired) electrons. The Morgan fingerprint density at radius 1 is 1.11 bits per heavy atom. The maximum Gasteiger partial charge on any atom is 0.260 e. The van der Waals surface area contributed by atoms with Crippen LogP contribution in [-0.2, 0) is 4.79 Å². The number of hydrogen-bond donors (Lipinski definition) is 0.